The van der Waals surface area contributed by atoms with Crippen molar-refractivity contribution in [3.63, 3.8) is 0 Å². The van der Waals surface area contributed by atoms with Gasteiger partial charge in [0.1, 0.15) is 5.82 Å². The van der Waals surface area contributed by atoms with Gasteiger partial charge in [-0.3, -0.25) is 9.69 Å². The topological polar surface area (TPSA) is 65.8 Å². The summed E-state index contributed by atoms with van der Waals surface area (Å²) in [6.45, 7) is 3.03. The van der Waals surface area contributed by atoms with E-state index in [0.717, 1.165) is 5.56 Å². The van der Waals surface area contributed by atoms with Crippen LogP contribution in [0.2, 0.25) is 0 Å². The molecular formula is C18H20FN3O3. The molecule has 1 aliphatic rings. The molecule has 7 heteroatoms. The number of benzene rings is 1. The monoisotopic (exact) mass is 345 g/mol. The maximum atomic E-state index is 12.9. The third-order valence-electron chi connectivity index (χ3n) is 4.18. The van der Waals surface area contributed by atoms with Crippen molar-refractivity contribution >= 4 is 11.8 Å². The average Bonchev–Trinajstić information content (AvgIpc) is 3.16. The molecular weight excluding hydrogens is 325 g/mol. The number of furan rings is 1. The van der Waals surface area contributed by atoms with Crippen molar-refractivity contribution in [1.29, 1.82) is 0 Å². The van der Waals surface area contributed by atoms with E-state index in [-0.39, 0.29) is 17.6 Å². The lowest BCUT2D eigenvalue weighted by Gasteiger charge is -2.34. The maximum Gasteiger partial charge on any atom is 0.317 e. The van der Waals surface area contributed by atoms with Gasteiger partial charge in [-0.05, 0) is 29.8 Å². The summed E-state index contributed by atoms with van der Waals surface area (Å²) in [6.07, 6.45) is 1.48. The smallest absolute Gasteiger partial charge is 0.317 e. The molecule has 1 N–H and O–H groups in total. The number of rotatable bonds is 5. The fraction of sp³-hybridized carbons (Fsp3) is 0.333. The molecule has 1 aromatic carbocycles. The second-order valence-corrected chi connectivity index (χ2v) is 5.95. The van der Waals surface area contributed by atoms with Crippen molar-refractivity contribution in [2.24, 2.45) is 0 Å². The third kappa shape index (κ3) is 4.67. The number of amides is 2. The van der Waals surface area contributed by atoms with Crippen LogP contribution >= 0.6 is 0 Å². The number of halogens is 1. The fourth-order valence-electron chi connectivity index (χ4n) is 2.72. The molecule has 3 rings (SSSR count). The molecule has 0 unspecified atom stereocenters. The van der Waals surface area contributed by atoms with Crippen LogP contribution in [0, 0.1) is 5.82 Å². The van der Waals surface area contributed by atoms with Crippen LogP contribution in [0.3, 0.4) is 0 Å². The number of carbonyl (C=O) groups excluding carboxylic acids is 2. The molecule has 1 aromatic heterocycles. The summed E-state index contributed by atoms with van der Waals surface area (Å²) in [5.41, 5.74) is 0.845. The van der Waals surface area contributed by atoms with Crippen molar-refractivity contribution in [3.8, 4) is 0 Å². The van der Waals surface area contributed by atoms with Crippen molar-refractivity contribution in [1.82, 2.24) is 15.1 Å². The predicted molar refractivity (Wildman–Crippen MR) is 89.7 cm³/mol. The zero-order chi connectivity index (χ0) is 17.6. The van der Waals surface area contributed by atoms with Gasteiger partial charge in [-0.25, -0.2) is 9.18 Å². The standard InChI is InChI=1S/C18H20FN3O3/c19-15-5-3-14(4-6-15)12-20-18(24)22-9-7-21(8-10-22)13-16(23)17-2-1-11-25-17/h1-6,11H,7-10,12-13H2,(H,20,24). The van der Waals surface area contributed by atoms with Gasteiger partial charge < -0.3 is 14.6 Å². The highest BCUT2D eigenvalue weighted by molar-refractivity contribution is 5.95. The maximum absolute atomic E-state index is 12.9. The summed E-state index contributed by atoms with van der Waals surface area (Å²) >= 11 is 0. The Balaban J connectivity index is 1.41. The van der Waals surface area contributed by atoms with Crippen LogP contribution in [-0.4, -0.2) is 54.3 Å². The molecule has 1 fully saturated rings. The molecule has 2 amide bonds. The lowest BCUT2D eigenvalue weighted by atomic mass is 10.2. The van der Waals surface area contributed by atoms with Gasteiger partial charge in [-0.1, -0.05) is 12.1 Å². The van der Waals surface area contributed by atoms with Crippen LogP contribution in [-0.2, 0) is 6.54 Å². The van der Waals surface area contributed by atoms with Crippen LogP contribution < -0.4 is 5.32 Å². The minimum atomic E-state index is -0.296. The molecule has 1 saturated heterocycles. The van der Waals surface area contributed by atoms with E-state index in [1.807, 2.05) is 4.90 Å². The summed E-state index contributed by atoms with van der Waals surface area (Å²) in [6, 6.07) is 9.23. The van der Waals surface area contributed by atoms with E-state index in [9.17, 15) is 14.0 Å². The summed E-state index contributed by atoms with van der Waals surface area (Å²) < 4.78 is 18.0. The highest BCUT2D eigenvalue weighted by atomic mass is 19.1. The lowest BCUT2D eigenvalue weighted by Crippen LogP contribution is -2.52. The fourth-order valence-corrected chi connectivity index (χ4v) is 2.72. The van der Waals surface area contributed by atoms with E-state index in [1.165, 1.54) is 18.4 Å². The highest BCUT2D eigenvalue weighted by Gasteiger charge is 2.23. The summed E-state index contributed by atoms with van der Waals surface area (Å²) in [5, 5.41) is 2.83. The van der Waals surface area contributed by atoms with Crippen LogP contribution in [0.5, 0.6) is 0 Å². The summed E-state index contributed by atoms with van der Waals surface area (Å²) in [7, 11) is 0. The van der Waals surface area contributed by atoms with E-state index < -0.39 is 0 Å². The van der Waals surface area contributed by atoms with Gasteiger partial charge in [0.2, 0.25) is 5.78 Å². The number of piperazine rings is 1. The zero-order valence-corrected chi connectivity index (χ0v) is 13.8. The van der Waals surface area contributed by atoms with E-state index in [2.05, 4.69) is 5.32 Å². The molecule has 2 heterocycles. The largest absolute Gasteiger partial charge is 0.461 e. The molecule has 132 valence electrons. The van der Waals surface area contributed by atoms with Gasteiger partial charge in [0.15, 0.2) is 5.76 Å². The number of carbonyl (C=O) groups is 2. The molecule has 0 aliphatic carbocycles. The molecule has 0 radical (unpaired) electrons. The molecule has 6 nitrogen and oxygen atoms in total. The highest BCUT2D eigenvalue weighted by Crippen LogP contribution is 2.07. The Bertz CT molecular complexity index is 708. The first-order chi connectivity index (χ1) is 12.1. The number of Topliss-reactive ketones (excluding diaryl/α,β-unsaturated/α-hetero) is 1. The molecule has 0 atom stereocenters. The molecule has 2 aromatic rings. The number of hydrogen-bond donors (Lipinski definition) is 1. The molecule has 0 saturated carbocycles. The average molecular weight is 345 g/mol. The van der Waals surface area contributed by atoms with E-state index in [4.69, 9.17) is 4.42 Å². The molecule has 1 aliphatic heterocycles. The molecule has 25 heavy (non-hydrogen) atoms. The number of nitrogens with one attached hydrogen (secondary N) is 1. The lowest BCUT2D eigenvalue weighted by molar-refractivity contribution is 0.0852. The number of urea groups is 1. The summed E-state index contributed by atoms with van der Waals surface area (Å²) in [4.78, 5) is 27.9. The van der Waals surface area contributed by atoms with Crippen LogP contribution in [0.1, 0.15) is 16.1 Å². The minimum absolute atomic E-state index is 0.0563. The van der Waals surface area contributed by atoms with Crippen molar-refractivity contribution in [3.05, 3.63) is 59.8 Å². The SMILES string of the molecule is O=C(CN1CCN(C(=O)NCc2ccc(F)cc2)CC1)c1ccco1. The molecule has 0 spiro atoms. The Kier molecular flexibility index (Phi) is 5.45. The quantitative estimate of drug-likeness (QED) is 0.843. The Labute approximate surface area is 145 Å². The van der Waals surface area contributed by atoms with Gasteiger partial charge in [0, 0.05) is 32.7 Å². The third-order valence-corrected chi connectivity index (χ3v) is 4.18. The van der Waals surface area contributed by atoms with Crippen LogP contribution in [0.25, 0.3) is 0 Å². The minimum Gasteiger partial charge on any atom is -0.461 e. The van der Waals surface area contributed by atoms with Gasteiger partial charge in [-0.2, -0.15) is 0 Å². The van der Waals surface area contributed by atoms with Crippen LogP contribution in [0.4, 0.5) is 9.18 Å². The normalized spacial score (nSPS) is 15.2. The second-order valence-electron chi connectivity index (χ2n) is 5.95. The van der Waals surface area contributed by atoms with E-state index >= 15 is 0 Å². The predicted octanol–water partition coefficient (Wildman–Crippen LogP) is 2.13. The molecule has 0 bridgehead atoms. The van der Waals surface area contributed by atoms with E-state index in [1.54, 1.807) is 29.2 Å². The van der Waals surface area contributed by atoms with Crippen LogP contribution in [0.15, 0.2) is 47.1 Å². The number of hydrogen-bond acceptors (Lipinski definition) is 4. The van der Waals surface area contributed by atoms with Crippen molar-refractivity contribution < 1.29 is 18.4 Å². The van der Waals surface area contributed by atoms with Crippen molar-refractivity contribution in [2.45, 2.75) is 6.54 Å². The Morgan fingerprint density at radius 1 is 1.08 bits per heavy atom. The zero-order valence-electron chi connectivity index (χ0n) is 13.8. The van der Waals surface area contributed by atoms with Gasteiger partial charge in [0.25, 0.3) is 0 Å². The van der Waals surface area contributed by atoms with Gasteiger partial charge in [0.05, 0.1) is 12.8 Å². The number of nitrogens with zero attached hydrogens (tertiary/aromatic N) is 2. The Morgan fingerprint density at radius 3 is 2.44 bits per heavy atom. The van der Waals surface area contributed by atoms with Gasteiger partial charge in [-0.15, -0.1) is 0 Å². The first-order valence-corrected chi connectivity index (χ1v) is 8.18. The second kappa shape index (κ2) is 7.94. The number of ketones is 1. The van der Waals surface area contributed by atoms with Gasteiger partial charge >= 0.3 is 6.03 Å². The van der Waals surface area contributed by atoms with Crippen molar-refractivity contribution in [2.75, 3.05) is 32.7 Å². The Hall–Kier alpha value is -2.67. The first-order valence-electron chi connectivity index (χ1n) is 8.18. The Morgan fingerprint density at radius 2 is 1.80 bits per heavy atom. The first kappa shape index (κ1) is 17.2. The van der Waals surface area contributed by atoms with E-state index in [0.29, 0.717) is 45.0 Å². The summed E-state index contributed by atoms with van der Waals surface area (Å²) in [5.74, 6) is 0.00831.